The first-order valence-corrected chi connectivity index (χ1v) is 9.20. The fourth-order valence-electron chi connectivity index (χ4n) is 1.35. The number of rotatable bonds is 11. The van der Waals surface area contributed by atoms with Crippen LogP contribution in [0.15, 0.2) is 0 Å². The van der Waals surface area contributed by atoms with Crippen LogP contribution in [0.25, 0.3) is 0 Å². The second-order valence-corrected chi connectivity index (χ2v) is 7.76. The van der Waals surface area contributed by atoms with Crippen molar-refractivity contribution < 1.29 is 19.4 Å². The van der Waals surface area contributed by atoms with E-state index >= 15 is 0 Å². The Morgan fingerprint density at radius 3 is 2.35 bits per heavy atom. The molecular weight excluding hydrogens is 298 g/mol. The molecule has 1 atom stereocenters. The van der Waals surface area contributed by atoms with Crippen LogP contribution in [0.1, 0.15) is 34.1 Å². The molecule has 0 saturated heterocycles. The molecular formula is C13H25NO4S2. The zero-order valence-corrected chi connectivity index (χ0v) is 14.2. The van der Waals surface area contributed by atoms with Gasteiger partial charge in [-0.15, -0.1) is 0 Å². The van der Waals surface area contributed by atoms with Crippen molar-refractivity contribution >= 4 is 33.5 Å². The van der Waals surface area contributed by atoms with E-state index < -0.39 is 12.0 Å². The number of esters is 1. The van der Waals surface area contributed by atoms with Gasteiger partial charge in [-0.3, -0.25) is 9.59 Å². The number of carbonyl (C=O) groups excluding carboxylic acids is 1. The topological polar surface area (TPSA) is 75.6 Å². The zero-order valence-electron chi connectivity index (χ0n) is 12.5. The normalized spacial score (nSPS) is 12.7. The molecule has 0 aromatic carbocycles. The summed E-state index contributed by atoms with van der Waals surface area (Å²) in [5.41, 5.74) is 0. The summed E-state index contributed by atoms with van der Waals surface area (Å²) in [7, 11) is 3.00. The minimum atomic E-state index is -0.838. The Bertz CT molecular complexity index is 298. The van der Waals surface area contributed by atoms with Crippen LogP contribution in [0.4, 0.5) is 0 Å². The van der Waals surface area contributed by atoms with Gasteiger partial charge in [-0.1, -0.05) is 49.3 Å². The molecule has 118 valence electrons. The number of carboxylic acids is 1. The second-order valence-electron chi connectivity index (χ2n) is 5.14. The molecule has 5 nitrogen and oxygen atoms in total. The van der Waals surface area contributed by atoms with E-state index in [0.29, 0.717) is 30.5 Å². The van der Waals surface area contributed by atoms with Gasteiger partial charge in [0.2, 0.25) is 0 Å². The third kappa shape index (κ3) is 11.4. The summed E-state index contributed by atoms with van der Waals surface area (Å²) in [6, 6.07) is -0.408. The van der Waals surface area contributed by atoms with Crippen molar-refractivity contribution in [3.8, 4) is 0 Å². The number of aliphatic carboxylic acids is 1. The van der Waals surface area contributed by atoms with E-state index in [1.165, 1.54) is 21.6 Å². The summed E-state index contributed by atoms with van der Waals surface area (Å²) in [4.78, 5) is 22.3. The fraction of sp³-hybridized carbons (Fsp3) is 0.846. The quantitative estimate of drug-likeness (QED) is 0.343. The summed E-state index contributed by atoms with van der Waals surface area (Å²) in [6.45, 7) is 8.15. The van der Waals surface area contributed by atoms with E-state index in [1.54, 1.807) is 0 Å². The number of hydrogen-bond donors (Lipinski definition) is 2. The van der Waals surface area contributed by atoms with Crippen LogP contribution in [-0.4, -0.2) is 47.2 Å². The first-order chi connectivity index (χ1) is 9.32. The van der Waals surface area contributed by atoms with E-state index in [1.807, 2.05) is 27.7 Å². The standard InChI is InChI=1S/C13H25NO4S2/c1-9(2)7-12(15)18-5-6-19-20-8-11(13(16)17)14-10(3)4/h9-11,14H,5-8H2,1-4H3,(H,16,17). The van der Waals surface area contributed by atoms with Crippen molar-refractivity contribution in [3.63, 3.8) is 0 Å². The van der Waals surface area contributed by atoms with Crippen molar-refractivity contribution in [3.05, 3.63) is 0 Å². The molecule has 0 aliphatic carbocycles. The van der Waals surface area contributed by atoms with Crippen LogP contribution in [0, 0.1) is 5.92 Å². The van der Waals surface area contributed by atoms with Gasteiger partial charge in [0.05, 0.1) is 0 Å². The molecule has 0 rings (SSSR count). The Morgan fingerprint density at radius 1 is 1.20 bits per heavy atom. The minimum absolute atomic E-state index is 0.138. The number of ether oxygens (including phenoxy) is 1. The van der Waals surface area contributed by atoms with E-state index in [-0.39, 0.29) is 12.0 Å². The largest absolute Gasteiger partial charge is 0.480 e. The first-order valence-electron chi connectivity index (χ1n) is 6.71. The van der Waals surface area contributed by atoms with Gasteiger partial charge in [0.15, 0.2) is 0 Å². The summed E-state index contributed by atoms with van der Waals surface area (Å²) < 4.78 is 5.07. The van der Waals surface area contributed by atoms with Gasteiger partial charge in [-0.25, -0.2) is 0 Å². The summed E-state index contributed by atoms with van der Waals surface area (Å²) in [5.74, 6) is 0.453. The second kappa shape index (κ2) is 11.3. The van der Waals surface area contributed by atoms with Crippen LogP contribution in [0.3, 0.4) is 0 Å². The molecule has 0 heterocycles. The highest BCUT2D eigenvalue weighted by atomic mass is 33.1. The molecule has 0 aromatic rings. The molecule has 0 aromatic heterocycles. The number of carboxylic acid groups (broad SMARTS) is 1. The van der Waals surface area contributed by atoms with E-state index in [2.05, 4.69) is 5.32 Å². The summed E-state index contributed by atoms with van der Waals surface area (Å²) >= 11 is 0. The van der Waals surface area contributed by atoms with Crippen molar-refractivity contribution in [2.75, 3.05) is 18.1 Å². The third-order valence-corrected chi connectivity index (χ3v) is 4.53. The maximum absolute atomic E-state index is 11.3. The molecule has 0 amide bonds. The molecule has 0 spiro atoms. The minimum Gasteiger partial charge on any atom is -0.480 e. The predicted molar refractivity (Wildman–Crippen MR) is 85.0 cm³/mol. The van der Waals surface area contributed by atoms with Crippen LogP contribution in [0.5, 0.6) is 0 Å². The highest BCUT2D eigenvalue weighted by Crippen LogP contribution is 2.22. The Kier molecular flexibility index (Phi) is 11.1. The molecule has 0 saturated carbocycles. The SMILES string of the molecule is CC(C)CC(=O)OCCSSCC(NC(C)C)C(=O)O. The smallest absolute Gasteiger partial charge is 0.321 e. The fourth-order valence-corrected chi connectivity index (χ4v) is 3.34. The lowest BCUT2D eigenvalue weighted by Crippen LogP contribution is -2.42. The molecule has 7 heteroatoms. The average molecular weight is 323 g/mol. The van der Waals surface area contributed by atoms with Crippen molar-refractivity contribution in [1.82, 2.24) is 5.32 Å². The number of hydrogen-bond acceptors (Lipinski definition) is 6. The van der Waals surface area contributed by atoms with E-state index in [9.17, 15) is 9.59 Å². The third-order valence-electron chi connectivity index (χ3n) is 2.16. The van der Waals surface area contributed by atoms with Gasteiger partial charge >= 0.3 is 11.9 Å². The molecule has 0 radical (unpaired) electrons. The lowest BCUT2D eigenvalue weighted by Gasteiger charge is -2.16. The van der Waals surface area contributed by atoms with Gasteiger partial charge in [0.1, 0.15) is 12.6 Å². The van der Waals surface area contributed by atoms with Crippen LogP contribution in [-0.2, 0) is 14.3 Å². The van der Waals surface area contributed by atoms with Crippen molar-refractivity contribution in [2.24, 2.45) is 5.92 Å². The predicted octanol–water partition coefficient (Wildman–Crippen LogP) is 2.41. The highest BCUT2D eigenvalue weighted by molar-refractivity contribution is 8.76. The molecule has 0 aliphatic rings. The molecule has 20 heavy (non-hydrogen) atoms. The first kappa shape index (κ1) is 19.6. The Balaban J connectivity index is 3.64. The molecule has 2 N–H and O–H groups in total. The number of carbonyl (C=O) groups is 2. The summed E-state index contributed by atoms with van der Waals surface area (Å²) in [6.07, 6.45) is 0.442. The maximum atomic E-state index is 11.3. The van der Waals surface area contributed by atoms with E-state index in [0.717, 1.165) is 0 Å². The Labute approximate surface area is 129 Å². The average Bonchev–Trinajstić information content (AvgIpc) is 2.30. The van der Waals surface area contributed by atoms with Gasteiger partial charge < -0.3 is 15.2 Å². The highest BCUT2D eigenvalue weighted by Gasteiger charge is 2.17. The maximum Gasteiger partial charge on any atom is 0.321 e. The summed E-state index contributed by atoms with van der Waals surface area (Å²) in [5, 5.41) is 12.0. The Hall–Kier alpha value is -0.400. The van der Waals surface area contributed by atoms with E-state index in [4.69, 9.17) is 9.84 Å². The van der Waals surface area contributed by atoms with Gasteiger partial charge in [-0.2, -0.15) is 0 Å². The molecule has 0 fully saturated rings. The van der Waals surface area contributed by atoms with Crippen molar-refractivity contribution in [2.45, 2.75) is 46.2 Å². The molecule has 1 unspecified atom stereocenters. The monoisotopic (exact) mass is 323 g/mol. The van der Waals surface area contributed by atoms with Crippen LogP contribution >= 0.6 is 21.6 Å². The zero-order chi connectivity index (χ0) is 15.5. The number of nitrogens with one attached hydrogen (secondary N) is 1. The Morgan fingerprint density at radius 2 is 1.85 bits per heavy atom. The van der Waals surface area contributed by atoms with Gasteiger partial charge in [0, 0.05) is 24.0 Å². The van der Waals surface area contributed by atoms with Crippen LogP contribution < -0.4 is 5.32 Å². The van der Waals surface area contributed by atoms with Gasteiger partial charge in [0.25, 0.3) is 0 Å². The lowest BCUT2D eigenvalue weighted by atomic mass is 10.1. The van der Waals surface area contributed by atoms with Crippen molar-refractivity contribution in [1.29, 1.82) is 0 Å². The molecule has 0 aliphatic heterocycles. The lowest BCUT2D eigenvalue weighted by molar-refractivity contribution is -0.144. The van der Waals surface area contributed by atoms with Gasteiger partial charge in [-0.05, 0) is 5.92 Å². The van der Waals surface area contributed by atoms with Crippen LogP contribution in [0.2, 0.25) is 0 Å². The molecule has 0 bridgehead atoms.